The normalized spacial score (nSPS) is 11.4. The minimum Gasteiger partial charge on any atom is -0.489 e. The van der Waals surface area contributed by atoms with Gasteiger partial charge in [0.25, 0.3) is 5.91 Å². The van der Waals surface area contributed by atoms with Crippen LogP contribution in [-0.4, -0.2) is 15.7 Å². The Morgan fingerprint density at radius 3 is 2.28 bits per heavy atom. The minimum absolute atomic E-state index is 0.117. The molecule has 0 aliphatic heterocycles. The molecule has 0 aliphatic rings. The van der Waals surface area contributed by atoms with Gasteiger partial charge in [-0.15, -0.1) is 0 Å². The molecule has 0 saturated heterocycles. The fourth-order valence-electron chi connectivity index (χ4n) is 3.92. The number of ether oxygens (including phenoxy) is 1. The van der Waals surface area contributed by atoms with Gasteiger partial charge in [0, 0.05) is 11.3 Å². The predicted octanol–water partition coefficient (Wildman–Crippen LogP) is 7.44. The zero-order valence-electron chi connectivity index (χ0n) is 21.4. The smallest absolute Gasteiger partial charge is 0.255 e. The Labute approximate surface area is 221 Å². The van der Waals surface area contributed by atoms with Crippen molar-refractivity contribution in [3.8, 4) is 5.75 Å². The number of rotatable bonds is 7. The van der Waals surface area contributed by atoms with Crippen LogP contribution in [0.3, 0.4) is 0 Å². The van der Waals surface area contributed by atoms with Gasteiger partial charge in [0.1, 0.15) is 12.4 Å². The molecule has 1 amide bonds. The quantitative estimate of drug-likeness (QED) is 0.262. The maximum atomic E-state index is 12.8. The van der Waals surface area contributed by atoms with E-state index in [1.807, 2.05) is 79.2 Å². The standard InChI is InChI=1S/C30H32BrN3O2/c1-20-28(31)21(2)34(33-20)18-23-7-6-8-26(17-23)32-29(35)24-11-9-22(10-12-24)19-36-27-15-13-25(14-16-27)30(3,4)5/h6-17H,18-19H2,1-5H3,(H,32,35). The molecule has 1 aromatic heterocycles. The van der Waals surface area contributed by atoms with E-state index in [-0.39, 0.29) is 11.3 Å². The van der Waals surface area contributed by atoms with Crippen molar-refractivity contribution in [2.45, 2.75) is 53.2 Å². The lowest BCUT2D eigenvalue weighted by atomic mass is 9.87. The molecule has 4 aromatic rings. The Hall–Kier alpha value is -3.38. The number of benzene rings is 3. The van der Waals surface area contributed by atoms with Crippen LogP contribution in [0.5, 0.6) is 5.75 Å². The van der Waals surface area contributed by atoms with Gasteiger partial charge < -0.3 is 10.1 Å². The van der Waals surface area contributed by atoms with Crippen molar-refractivity contribution in [2.24, 2.45) is 0 Å². The molecule has 0 aliphatic carbocycles. The van der Waals surface area contributed by atoms with Crippen molar-refractivity contribution in [3.63, 3.8) is 0 Å². The first-order valence-corrected chi connectivity index (χ1v) is 12.8. The maximum absolute atomic E-state index is 12.8. The Balaban J connectivity index is 1.34. The summed E-state index contributed by atoms with van der Waals surface area (Å²) < 4.78 is 8.91. The fourth-order valence-corrected chi connectivity index (χ4v) is 4.21. The molecule has 1 N–H and O–H groups in total. The third kappa shape index (κ3) is 6.24. The number of nitrogens with one attached hydrogen (secondary N) is 1. The van der Waals surface area contributed by atoms with Gasteiger partial charge >= 0.3 is 0 Å². The highest BCUT2D eigenvalue weighted by Gasteiger charge is 2.13. The molecule has 0 spiro atoms. The van der Waals surface area contributed by atoms with Crippen LogP contribution in [0.2, 0.25) is 0 Å². The molecule has 0 fully saturated rings. The Morgan fingerprint density at radius 2 is 1.67 bits per heavy atom. The first-order chi connectivity index (χ1) is 17.1. The molecule has 186 valence electrons. The predicted molar refractivity (Wildman–Crippen MR) is 149 cm³/mol. The second kappa shape index (κ2) is 10.7. The number of hydrogen-bond donors (Lipinski definition) is 1. The topological polar surface area (TPSA) is 56.2 Å². The van der Waals surface area contributed by atoms with Gasteiger partial charge in [-0.2, -0.15) is 5.10 Å². The second-order valence-electron chi connectivity index (χ2n) is 10.1. The van der Waals surface area contributed by atoms with Crippen LogP contribution in [-0.2, 0) is 18.6 Å². The molecule has 36 heavy (non-hydrogen) atoms. The summed E-state index contributed by atoms with van der Waals surface area (Å²) in [5, 5.41) is 7.57. The summed E-state index contributed by atoms with van der Waals surface area (Å²) in [6.07, 6.45) is 0. The lowest BCUT2D eigenvalue weighted by Gasteiger charge is -2.19. The molecular weight excluding hydrogens is 514 g/mol. The van der Waals surface area contributed by atoms with E-state index in [0.29, 0.717) is 18.7 Å². The lowest BCUT2D eigenvalue weighted by molar-refractivity contribution is 0.102. The van der Waals surface area contributed by atoms with Gasteiger partial charge in [-0.3, -0.25) is 9.48 Å². The van der Waals surface area contributed by atoms with Gasteiger partial charge in [-0.1, -0.05) is 57.2 Å². The molecule has 1 heterocycles. The first kappa shape index (κ1) is 25.7. The SMILES string of the molecule is Cc1nn(Cc2cccc(NC(=O)c3ccc(COc4ccc(C(C)(C)C)cc4)cc3)c2)c(C)c1Br. The second-order valence-corrected chi connectivity index (χ2v) is 10.8. The summed E-state index contributed by atoms with van der Waals surface area (Å²) in [6.45, 7) is 11.7. The van der Waals surface area contributed by atoms with Gasteiger partial charge in [-0.25, -0.2) is 0 Å². The van der Waals surface area contributed by atoms with E-state index in [1.165, 1.54) is 5.56 Å². The van der Waals surface area contributed by atoms with Crippen LogP contribution < -0.4 is 10.1 Å². The summed E-state index contributed by atoms with van der Waals surface area (Å²) in [4.78, 5) is 12.8. The number of carbonyl (C=O) groups is 1. The number of amides is 1. The van der Waals surface area contributed by atoms with Crippen molar-refractivity contribution in [3.05, 3.63) is 111 Å². The van der Waals surface area contributed by atoms with E-state index in [9.17, 15) is 4.79 Å². The highest BCUT2D eigenvalue weighted by Crippen LogP contribution is 2.25. The third-order valence-corrected chi connectivity index (χ3v) is 7.30. The number of anilines is 1. The van der Waals surface area contributed by atoms with E-state index in [0.717, 1.165) is 38.4 Å². The number of hydrogen-bond acceptors (Lipinski definition) is 3. The molecule has 0 atom stereocenters. The summed E-state index contributed by atoms with van der Waals surface area (Å²) in [7, 11) is 0. The summed E-state index contributed by atoms with van der Waals surface area (Å²) in [6, 6.07) is 23.6. The number of aromatic nitrogens is 2. The van der Waals surface area contributed by atoms with Crippen LogP contribution in [0.15, 0.2) is 77.3 Å². The van der Waals surface area contributed by atoms with E-state index >= 15 is 0 Å². The highest BCUT2D eigenvalue weighted by molar-refractivity contribution is 9.10. The lowest BCUT2D eigenvalue weighted by Crippen LogP contribution is -2.12. The van der Waals surface area contributed by atoms with Gasteiger partial charge in [0.05, 0.1) is 22.4 Å². The average molecular weight is 547 g/mol. The monoisotopic (exact) mass is 545 g/mol. The van der Waals surface area contributed by atoms with Gasteiger partial charge in [0.15, 0.2) is 0 Å². The fraction of sp³-hybridized carbons (Fsp3) is 0.267. The van der Waals surface area contributed by atoms with Gasteiger partial charge in [0.2, 0.25) is 0 Å². The summed E-state index contributed by atoms with van der Waals surface area (Å²) in [5.41, 5.74) is 6.85. The van der Waals surface area contributed by atoms with Crippen LogP contribution in [0, 0.1) is 13.8 Å². The van der Waals surface area contributed by atoms with E-state index in [2.05, 4.69) is 59.2 Å². The molecule has 3 aromatic carbocycles. The van der Waals surface area contributed by atoms with Crippen LogP contribution in [0.1, 0.15) is 59.2 Å². The Bertz CT molecular complexity index is 1350. The first-order valence-electron chi connectivity index (χ1n) is 12.0. The largest absolute Gasteiger partial charge is 0.489 e. The number of carbonyl (C=O) groups excluding carboxylic acids is 1. The maximum Gasteiger partial charge on any atom is 0.255 e. The van der Waals surface area contributed by atoms with Crippen LogP contribution in [0.4, 0.5) is 5.69 Å². The Morgan fingerprint density at radius 1 is 0.972 bits per heavy atom. The van der Waals surface area contributed by atoms with Crippen molar-refractivity contribution in [1.82, 2.24) is 9.78 Å². The Kier molecular flexibility index (Phi) is 7.65. The van der Waals surface area contributed by atoms with Crippen molar-refractivity contribution in [1.29, 1.82) is 0 Å². The van der Waals surface area contributed by atoms with Crippen LogP contribution in [0.25, 0.3) is 0 Å². The van der Waals surface area contributed by atoms with E-state index in [4.69, 9.17) is 4.74 Å². The molecule has 0 bridgehead atoms. The van der Waals surface area contributed by atoms with Crippen molar-refractivity contribution < 1.29 is 9.53 Å². The molecule has 4 rings (SSSR count). The van der Waals surface area contributed by atoms with E-state index in [1.54, 1.807) is 0 Å². The molecule has 0 radical (unpaired) electrons. The van der Waals surface area contributed by atoms with Crippen molar-refractivity contribution in [2.75, 3.05) is 5.32 Å². The van der Waals surface area contributed by atoms with Crippen molar-refractivity contribution >= 4 is 27.5 Å². The van der Waals surface area contributed by atoms with E-state index < -0.39 is 0 Å². The number of nitrogens with zero attached hydrogens (tertiary/aromatic N) is 2. The molecular formula is C30H32BrN3O2. The number of halogens is 1. The minimum atomic E-state index is -0.147. The molecule has 6 heteroatoms. The third-order valence-electron chi connectivity index (χ3n) is 6.15. The van der Waals surface area contributed by atoms with Gasteiger partial charge in [-0.05, 0) is 88.3 Å². The zero-order valence-corrected chi connectivity index (χ0v) is 23.0. The zero-order chi connectivity index (χ0) is 25.9. The number of aryl methyl sites for hydroxylation is 1. The molecule has 5 nitrogen and oxygen atoms in total. The molecule has 0 saturated carbocycles. The molecule has 0 unspecified atom stereocenters. The average Bonchev–Trinajstić information content (AvgIpc) is 3.09. The highest BCUT2D eigenvalue weighted by atomic mass is 79.9. The summed E-state index contributed by atoms with van der Waals surface area (Å²) >= 11 is 3.57. The summed E-state index contributed by atoms with van der Waals surface area (Å²) in [5.74, 6) is 0.684. The van der Waals surface area contributed by atoms with Crippen LogP contribution >= 0.6 is 15.9 Å².